The summed E-state index contributed by atoms with van der Waals surface area (Å²) in [7, 11) is 1.57. The molecular formula is C13H11Cl2NO2. The Morgan fingerprint density at radius 1 is 1.00 bits per heavy atom. The van der Waals surface area contributed by atoms with Gasteiger partial charge in [-0.1, -0.05) is 23.2 Å². The lowest BCUT2D eigenvalue weighted by Crippen LogP contribution is -1.93. The molecule has 0 spiro atoms. The Kier molecular flexibility index (Phi) is 3.84. The van der Waals surface area contributed by atoms with Gasteiger partial charge in [-0.3, -0.25) is 0 Å². The lowest BCUT2D eigenvalue weighted by atomic mass is 10.2. The summed E-state index contributed by atoms with van der Waals surface area (Å²) in [6.45, 7) is 0. The van der Waals surface area contributed by atoms with E-state index in [1.54, 1.807) is 43.5 Å². The minimum Gasteiger partial charge on any atom is -0.497 e. The Morgan fingerprint density at radius 3 is 2.50 bits per heavy atom. The summed E-state index contributed by atoms with van der Waals surface area (Å²) < 4.78 is 10.7. The van der Waals surface area contributed by atoms with Crippen LogP contribution in [0.3, 0.4) is 0 Å². The number of nitrogen functional groups attached to an aromatic ring is 1. The number of anilines is 1. The Hall–Kier alpha value is -1.58. The Balaban J connectivity index is 2.36. The van der Waals surface area contributed by atoms with Crippen molar-refractivity contribution in [2.45, 2.75) is 0 Å². The van der Waals surface area contributed by atoms with E-state index in [0.29, 0.717) is 33.0 Å². The van der Waals surface area contributed by atoms with Crippen molar-refractivity contribution >= 4 is 28.9 Å². The van der Waals surface area contributed by atoms with Crippen molar-refractivity contribution in [1.82, 2.24) is 0 Å². The van der Waals surface area contributed by atoms with Gasteiger partial charge in [0, 0.05) is 17.2 Å². The fourth-order valence-corrected chi connectivity index (χ4v) is 1.72. The van der Waals surface area contributed by atoms with Gasteiger partial charge in [-0.05, 0) is 24.3 Å². The summed E-state index contributed by atoms with van der Waals surface area (Å²) in [6, 6.07) is 10.1. The predicted octanol–water partition coefficient (Wildman–Crippen LogP) is 4.38. The molecule has 0 aliphatic rings. The van der Waals surface area contributed by atoms with Gasteiger partial charge < -0.3 is 15.2 Å². The van der Waals surface area contributed by atoms with Crippen LogP contribution in [-0.4, -0.2) is 7.11 Å². The maximum Gasteiger partial charge on any atom is 0.154 e. The lowest BCUT2D eigenvalue weighted by Gasteiger charge is -2.11. The first kappa shape index (κ1) is 12.9. The molecule has 0 bridgehead atoms. The monoisotopic (exact) mass is 283 g/mol. The van der Waals surface area contributed by atoms with Gasteiger partial charge in [-0.25, -0.2) is 0 Å². The molecule has 3 nitrogen and oxygen atoms in total. The van der Waals surface area contributed by atoms with Crippen molar-refractivity contribution in [3.05, 3.63) is 46.4 Å². The van der Waals surface area contributed by atoms with Gasteiger partial charge in [0.05, 0.1) is 17.8 Å². The maximum atomic E-state index is 6.02. The smallest absolute Gasteiger partial charge is 0.154 e. The normalized spacial score (nSPS) is 10.2. The average Bonchev–Trinajstić information content (AvgIpc) is 2.36. The zero-order valence-electron chi connectivity index (χ0n) is 9.61. The lowest BCUT2D eigenvalue weighted by molar-refractivity contribution is 0.409. The van der Waals surface area contributed by atoms with Crippen molar-refractivity contribution in [3.63, 3.8) is 0 Å². The van der Waals surface area contributed by atoms with Crippen LogP contribution in [0.5, 0.6) is 17.2 Å². The van der Waals surface area contributed by atoms with Crippen LogP contribution in [0.25, 0.3) is 0 Å². The minimum atomic E-state index is 0.448. The highest BCUT2D eigenvalue weighted by Crippen LogP contribution is 2.35. The SMILES string of the molecule is COc1ccc(N)c(Oc2cc(Cl)ccc2Cl)c1. The maximum absolute atomic E-state index is 6.02. The van der Waals surface area contributed by atoms with E-state index in [0.717, 1.165) is 0 Å². The fourth-order valence-electron chi connectivity index (χ4n) is 1.40. The molecule has 18 heavy (non-hydrogen) atoms. The molecule has 0 aliphatic carbocycles. The molecule has 2 N–H and O–H groups in total. The van der Waals surface area contributed by atoms with Gasteiger partial charge in [-0.15, -0.1) is 0 Å². The molecule has 2 rings (SSSR count). The second-order valence-electron chi connectivity index (χ2n) is 3.58. The number of ether oxygens (including phenoxy) is 2. The van der Waals surface area contributed by atoms with Crippen molar-refractivity contribution in [1.29, 1.82) is 0 Å². The van der Waals surface area contributed by atoms with E-state index in [1.165, 1.54) is 0 Å². The van der Waals surface area contributed by atoms with Crippen molar-refractivity contribution in [2.75, 3.05) is 12.8 Å². The van der Waals surface area contributed by atoms with Gasteiger partial charge in [0.1, 0.15) is 11.5 Å². The minimum absolute atomic E-state index is 0.448. The highest BCUT2D eigenvalue weighted by atomic mass is 35.5. The molecule has 2 aromatic rings. The molecule has 0 atom stereocenters. The summed E-state index contributed by atoms with van der Waals surface area (Å²) in [5, 5.41) is 0.998. The van der Waals surface area contributed by atoms with Gasteiger partial charge in [-0.2, -0.15) is 0 Å². The molecule has 0 aliphatic heterocycles. The van der Waals surface area contributed by atoms with Gasteiger partial charge in [0.15, 0.2) is 5.75 Å². The summed E-state index contributed by atoms with van der Waals surface area (Å²) in [5.74, 6) is 1.57. The first-order valence-corrected chi connectivity index (χ1v) is 5.92. The largest absolute Gasteiger partial charge is 0.497 e. The Labute approximate surface area is 115 Å². The molecule has 0 radical (unpaired) electrons. The second-order valence-corrected chi connectivity index (χ2v) is 4.42. The van der Waals surface area contributed by atoms with Gasteiger partial charge >= 0.3 is 0 Å². The van der Waals surface area contributed by atoms with Crippen LogP contribution >= 0.6 is 23.2 Å². The van der Waals surface area contributed by atoms with Crippen LogP contribution in [-0.2, 0) is 0 Å². The van der Waals surface area contributed by atoms with Crippen molar-refractivity contribution < 1.29 is 9.47 Å². The molecule has 0 aromatic heterocycles. The molecule has 2 aromatic carbocycles. The molecule has 0 unspecified atom stereocenters. The molecule has 0 amide bonds. The second kappa shape index (κ2) is 5.38. The van der Waals surface area contributed by atoms with Crippen LogP contribution in [0.4, 0.5) is 5.69 Å². The van der Waals surface area contributed by atoms with Crippen LogP contribution in [0, 0.1) is 0 Å². The molecule has 94 valence electrons. The first-order chi connectivity index (χ1) is 8.60. The highest BCUT2D eigenvalue weighted by molar-refractivity contribution is 6.34. The number of benzene rings is 2. The van der Waals surface area contributed by atoms with Gasteiger partial charge in [0.25, 0.3) is 0 Å². The van der Waals surface area contributed by atoms with E-state index in [4.69, 9.17) is 38.4 Å². The number of methoxy groups -OCH3 is 1. The zero-order chi connectivity index (χ0) is 13.1. The molecule has 0 heterocycles. The Morgan fingerprint density at radius 2 is 1.78 bits per heavy atom. The number of hydrogen-bond acceptors (Lipinski definition) is 3. The topological polar surface area (TPSA) is 44.5 Å². The van der Waals surface area contributed by atoms with E-state index in [1.807, 2.05) is 0 Å². The van der Waals surface area contributed by atoms with E-state index in [2.05, 4.69) is 0 Å². The zero-order valence-corrected chi connectivity index (χ0v) is 11.1. The van der Waals surface area contributed by atoms with Crippen molar-refractivity contribution in [2.24, 2.45) is 0 Å². The quantitative estimate of drug-likeness (QED) is 0.851. The Bertz CT molecular complexity index is 573. The standard InChI is InChI=1S/C13H11Cl2NO2/c1-17-9-3-5-11(16)13(7-9)18-12-6-8(14)2-4-10(12)15/h2-7H,16H2,1H3. The summed E-state index contributed by atoms with van der Waals surface area (Å²) in [6.07, 6.45) is 0. The summed E-state index contributed by atoms with van der Waals surface area (Å²) in [5.41, 5.74) is 6.32. The number of hydrogen-bond donors (Lipinski definition) is 1. The number of nitrogens with two attached hydrogens (primary N) is 1. The van der Waals surface area contributed by atoms with Crippen LogP contribution in [0.2, 0.25) is 10.0 Å². The van der Waals surface area contributed by atoms with Crippen LogP contribution in [0.1, 0.15) is 0 Å². The third-order valence-electron chi connectivity index (χ3n) is 2.33. The van der Waals surface area contributed by atoms with Crippen LogP contribution < -0.4 is 15.2 Å². The third-order valence-corrected chi connectivity index (χ3v) is 2.88. The molecule has 0 saturated carbocycles. The van der Waals surface area contributed by atoms with Crippen molar-refractivity contribution in [3.8, 4) is 17.2 Å². The fraction of sp³-hybridized carbons (Fsp3) is 0.0769. The third kappa shape index (κ3) is 2.81. The first-order valence-electron chi connectivity index (χ1n) is 5.16. The predicted molar refractivity (Wildman–Crippen MR) is 73.9 cm³/mol. The van der Waals surface area contributed by atoms with E-state index >= 15 is 0 Å². The molecule has 0 fully saturated rings. The van der Waals surface area contributed by atoms with E-state index in [9.17, 15) is 0 Å². The highest BCUT2D eigenvalue weighted by Gasteiger charge is 2.08. The summed E-state index contributed by atoms with van der Waals surface area (Å²) in [4.78, 5) is 0. The number of halogens is 2. The van der Waals surface area contributed by atoms with Gasteiger partial charge in [0.2, 0.25) is 0 Å². The molecule has 0 saturated heterocycles. The average molecular weight is 284 g/mol. The number of rotatable bonds is 3. The summed E-state index contributed by atoms with van der Waals surface area (Å²) >= 11 is 11.9. The van der Waals surface area contributed by atoms with E-state index in [-0.39, 0.29) is 0 Å². The molecule has 5 heteroatoms. The van der Waals surface area contributed by atoms with E-state index < -0.39 is 0 Å². The molecular weight excluding hydrogens is 273 g/mol. The van der Waals surface area contributed by atoms with Crippen LogP contribution in [0.15, 0.2) is 36.4 Å².